The maximum absolute atomic E-state index is 12.2. The number of nitrogens with one attached hydrogen (secondary N) is 2. The first kappa shape index (κ1) is 18.0. The number of anilines is 1. The summed E-state index contributed by atoms with van der Waals surface area (Å²) >= 11 is 1.56. The molecule has 0 bridgehead atoms. The van der Waals surface area contributed by atoms with Gasteiger partial charge in [-0.3, -0.25) is 0 Å². The van der Waals surface area contributed by atoms with Crippen LogP contribution < -0.4 is 10.6 Å². The van der Waals surface area contributed by atoms with Crippen LogP contribution in [0.25, 0.3) is 0 Å². The minimum atomic E-state index is -0.254. The Hall–Kier alpha value is -2.39. The van der Waals surface area contributed by atoms with Crippen molar-refractivity contribution in [2.75, 3.05) is 11.1 Å². The summed E-state index contributed by atoms with van der Waals surface area (Å²) in [6, 6.07) is 13.2. The van der Waals surface area contributed by atoms with Gasteiger partial charge in [0.25, 0.3) is 0 Å². The van der Waals surface area contributed by atoms with Gasteiger partial charge in [-0.25, -0.2) is 4.79 Å². The number of nitrogens with zero attached hydrogens (tertiary/aromatic N) is 1. The van der Waals surface area contributed by atoms with Crippen molar-refractivity contribution in [3.8, 4) is 6.07 Å². The lowest BCUT2D eigenvalue weighted by atomic mass is 10.2. The highest BCUT2D eigenvalue weighted by Gasteiger charge is 2.12. The summed E-state index contributed by atoms with van der Waals surface area (Å²) < 4.78 is 5.29. The van der Waals surface area contributed by atoms with E-state index in [2.05, 4.69) is 16.7 Å². The lowest BCUT2D eigenvalue weighted by Gasteiger charge is -2.15. The van der Waals surface area contributed by atoms with E-state index in [9.17, 15) is 4.79 Å². The van der Waals surface area contributed by atoms with Gasteiger partial charge in [-0.05, 0) is 38.1 Å². The molecule has 24 heavy (non-hydrogen) atoms. The standard InChI is InChI=1S/C18H21N3O2S/c1-13(11-19)12-24-17-8-4-3-7-16(17)21-18(22)20-14(2)10-15-6-5-9-23-15/h3-9,13-14H,10,12H2,1-2H3,(H2,20,21,22)/t13-,14+/m0/s1. The summed E-state index contributed by atoms with van der Waals surface area (Å²) in [4.78, 5) is 13.1. The van der Waals surface area contributed by atoms with Crippen molar-refractivity contribution in [2.24, 2.45) is 5.92 Å². The molecule has 2 aromatic rings. The van der Waals surface area contributed by atoms with Crippen molar-refractivity contribution in [1.82, 2.24) is 5.32 Å². The first-order valence-corrected chi connectivity index (χ1v) is 8.78. The van der Waals surface area contributed by atoms with Crippen molar-refractivity contribution < 1.29 is 9.21 Å². The zero-order valence-corrected chi connectivity index (χ0v) is 14.6. The number of amides is 2. The maximum atomic E-state index is 12.2. The molecular formula is C18H21N3O2S. The molecule has 2 atom stereocenters. The van der Waals surface area contributed by atoms with E-state index < -0.39 is 0 Å². The quantitative estimate of drug-likeness (QED) is 0.735. The van der Waals surface area contributed by atoms with Crippen LogP contribution in [0.3, 0.4) is 0 Å². The smallest absolute Gasteiger partial charge is 0.319 e. The van der Waals surface area contributed by atoms with Gasteiger partial charge in [-0.1, -0.05) is 12.1 Å². The van der Waals surface area contributed by atoms with Crippen LogP contribution in [0.4, 0.5) is 10.5 Å². The highest BCUT2D eigenvalue weighted by molar-refractivity contribution is 7.99. The Labute approximate surface area is 146 Å². The van der Waals surface area contributed by atoms with Crippen LogP contribution in [0.15, 0.2) is 52.0 Å². The van der Waals surface area contributed by atoms with Gasteiger partial charge in [0, 0.05) is 23.1 Å². The SMILES string of the molecule is C[C@H](Cc1ccco1)NC(=O)Nc1ccccc1SC[C@@H](C)C#N. The highest BCUT2D eigenvalue weighted by Crippen LogP contribution is 2.28. The zero-order valence-electron chi connectivity index (χ0n) is 13.8. The number of rotatable bonds is 7. The van der Waals surface area contributed by atoms with Gasteiger partial charge in [0.05, 0.1) is 23.9 Å². The third-order valence-electron chi connectivity index (χ3n) is 3.31. The number of urea groups is 1. The fourth-order valence-corrected chi connectivity index (χ4v) is 3.07. The first-order chi connectivity index (χ1) is 11.6. The molecule has 1 heterocycles. The van der Waals surface area contributed by atoms with E-state index in [1.807, 2.05) is 50.2 Å². The summed E-state index contributed by atoms with van der Waals surface area (Å²) in [7, 11) is 0. The third-order valence-corrected chi connectivity index (χ3v) is 4.64. The van der Waals surface area contributed by atoms with E-state index in [1.54, 1.807) is 18.0 Å². The van der Waals surface area contributed by atoms with Crippen LogP contribution in [0.1, 0.15) is 19.6 Å². The molecule has 126 valence electrons. The van der Waals surface area contributed by atoms with Crippen molar-refractivity contribution >= 4 is 23.5 Å². The number of benzene rings is 1. The number of carbonyl (C=O) groups excluding carboxylic acids is 1. The molecule has 1 aromatic heterocycles. The van der Waals surface area contributed by atoms with Crippen LogP contribution in [-0.4, -0.2) is 17.8 Å². The predicted molar refractivity (Wildman–Crippen MR) is 96.0 cm³/mol. The van der Waals surface area contributed by atoms with E-state index in [1.165, 1.54) is 0 Å². The molecule has 0 unspecified atom stereocenters. The molecule has 1 aromatic carbocycles. The normalized spacial score (nSPS) is 12.9. The largest absolute Gasteiger partial charge is 0.469 e. The zero-order chi connectivity index (χ0) is 17.4. The lowest BCUT2D eigenvalue weighted by Crippen LogP contribution is -2.37. The molecule has 2 rings (SSSR count). The molecule has 6 heteroatoms. The number of hydrogen-bond acceptors (Lipinski definition) is 4. The molecule has 0 aliphatic carbocycles. The molecule has 0 saturated heterocycles. The monoisotopic (exact) mass is 343 g/mol. The average Bonchev–Trinajstić information content (AvgIpc) is 3.06. The molecule has 0 aliphatic rings. The summed E-state index contributed by atoms with van der Waals surface area (Å²) in [5.74, 6) is 1.49. The van der Waals surface area contributed by atoms with E-state index in [-0.39, 0.29) is 18.0 Å². The summed E-state index contributed by atoms with van der Waals surface area (Å²) in [6.07, 6.45) is 2.26. The molecule has 0 fully saturated rings. The van der Waals surface area contributed by atoms with Gasteiger partial charge >= 0.3 is 6.03 Å². The summed E-state index contributed by atoms with van der Waals surface area (Å²) in [5, 5.41) is 14.7. The predicted octanol–water partition coefficient (Wildman–Crippen LogP) is 4.28. The Morgan fingerprint density at radius 2 is 2.08 bits per heavy atom. The number of carbonyl (C=O) groups is 1. The van der Waals surface area contributed by atoms with E-state index >= 15 is 0 Å². The average molecular weight is 343 g/mol. The van der Waals surface area contributed by atoms with Gasteiger partial charge < -0.3 is 15.1 Å². The molecule has 5 nitrogen and oxygen atoms in total. The second kappa shape index (κ2) is 9.04. The Balaban J connectivity index is 1.90. The van der Waals surface area contributed by atoms with E-state index in [0.717, 1.165) is 16.3 Å². The minimum absolute atomic E-state index is 0.0369. The number of nitriles is 1. The Kier molecular flexibility index (Phi) is 6.76. The van der Waals surface area contributed by atoms with Crippen molar-refractivity contribution in [3.05, 3.63) is 48.4 Å². The molecule has 2 N–H and O–H groups in total. The second-order valence-corrected chi connectivity index (χ2v) is 6.68. The Morgan fingerprint density at radius 1 is 1.29 bits per heavy atom. The topological polar surface area (TPSA) is 78.1 Å². The van der Waals surface area contributed by atoms with E-state index in [0.29, 0.717) is 12.2 Å². The van der Waals surface area contributed by atoms with Crippen LogP contribution in [0.2, 0.25) is 0 Å². The highest BCUT2D eigenvalue weighted by atomic mass is 32.2. The van der Waals surface area contributed by atoms with Gasteiger partial charge in [-0.15, -0.1) is 11.8 Å². The molecule has 0 radical (unpaired) electrons. The number of thioether (sulfide) groups is 1. The minimum Gasteiger partial charge on any atom is -0.469 e. The molecular weight excluding hydrogens is 322 g/mol. The fraction of sp³-hybridized carbons (Fsp3) is 0.333. The number of furan rings is 1. The van der Waals surface area contributed by atoms with E-state index in [4.69, 9.17) is 9.68 Å². The van der Waals surface area contributed by atoms with Crippen molar-refractivity contribution in [2.45, 2.75) is 31.2 Å². The van der Waals surface area contributed by atoms with Crippen molar-refractivity contribution in [1.29, 1.82) is 5.26 Å². The Bertz CT molecular complexity index is 695. The Morgan fingerprint density at radius 3 is 2.79 bits per heavy atom. The van der Waals surface area contributed by atoms with Crippen LogP contribution in [-0.2, 0) is 6.42 Å². The van der Waals surface area contributed by atoms with Gasteiger partial charge in [-0.2, -0.15) is 5.26 Å². The third kappa shape index (κ3) is 5.67. The van der Waals surface area contributed by atoms with Crippen LogP contribution in [0.5, 0.6) is 0 Å². The second-order valence-electron chi connectivity index (χ2n) is 5.62. The number of hydrogen-bond donors (Lipinski definition) is 2. The molecule has 0 aliphatic heterocycles. The fourth-order valence-electron chi connectivity index (χ4n) is 2.11. The van der Waals surface area contributed by atoms with Gasteiger partial charge in [0.2, 0.25) is 0 Å². The summed E-state index contributed by atoms with van der Waals surface area (Å²) in [5.41, 5.74) is 0.746. The lowest BCUT2D eigenvalue weighted by molar-refractivity contribution is 0.248. The van der Waals surface area contributed by atoms with Crippen LogP contribution in [0, 0.1) is 17.2 Å². The van der Waals surface area contributed by atoms with Crippen LogP contribution >= 0.6 is 11.8 Å². The summed E-state index contributed by atoms with van der Waals surface area (Å²) in [6.45, 7) is 3.81. The molecule has 0 spiro atoms. The molecule has 2 amide bonds. The first-order valence-electron chi connectivity index (χ1n) is 7.80. The van der Waals surface area contributed by atoms with Crippen molar-refractivity contribution in [3.63, 3.8) is 0 Å². The molecule has 0 saturated carbocycles. The van der Waals surface area contributed by atoms with Gasteiger partial charge in [0.15, 0.2) is 0 Å². The van der Waals surface area contributed by atoms with Gasteiger partial charge in [0.1, 0.15) is 5.76 Å². The maximum Gasteiger partial charge on any atom is 0.319 e. The number of para-hydroxylation sites is 1.